The maximum absolute atomic E-state index is 6.16. The Bertz CT molecular complexity index is 626. The van der Waals surface area contributed by atoms with Gasteiger partial charge < -0.3 is 10.6 Å². The third-order valence-electron chi connectivity index (χ3n) is 4.06. The second kappa shape index (κ2) is 7.93. The number of halogens is 1. The van der Waals surface area contributed by atoms with E-state index in [1.807, 2.05) is 24.3 Å². The molecule has 23 heavy (non-hydrogen) atoms. The number of thioether (sulfide) groups is 1. The van der Waals surface area contributed by atoms with Crippen molar-refractivity contribution in [3.63, 3.8) is 0 Å². The van der Waals surface area contributed by atoms with Gasteiger partial charge in [-0.25, -0.2) is 4.68 Å². The van der Waals surface area contributed by atoms with E-state index in [1.165, 1.54) is 32.1 Å². The van der Waals surface area contributed by atoms with E-state index in [0.29, 0.717) is 17.5 Å². The number of nitrogen functional groups attached to an aromatic ring is 1. The fraction of sp³-hybridized carbons (Fsp3) is 0.500. The average molecular weight is 353 g/mol. The highest BCUT2D eigenvalue weighted by Crippen LogP contribution is 2.32. The van der Waals surface area contributed by atoms with Crippen LogP contribution in [0, 0.1) is 0 Å². The van der Waals surface area contributed by atoms with Crippen molar-refractivity contribution >= 4 is 23.4 Å². The van der Waals surface area contributed by atoms with Gasteiger partial charge in [-0.1, -0.05) is 42.6 Å². The molecule has 0 radical (unpaired) electrons. The van der Waals surface area contributed by atoms with Gasteiger partial charge in [0.1, 0.15) is 5.75 Å². The van der Waals surface area contributed by atoms with Crippen LogP contribution in [0.2, 0.25) is 5.02 Å². The zero-order valence-electron chi connectivity index (χ0n) is 12.9. The van der Waals surface area contributed by atoms with E-state index in [1.54, 1.807) is 16.4 Å². The highest BCUT2D eigenvalue weighted by Gasteiger charge is 2.22. The van der Waals surface area contributed by atoms with Gasteiger partial charge in [0.05, 0.1) is 6.61 Å². The van der Waals surface area contributed by atoms with E-state index in [-0.39, 0.29) is 0 Å². The SMILES string of the molecule is Nn1c(SCCOc2ccc(Cl)cc2)nnc1C1CCCCC1. The van der Waals surface area contributed by atoms with Gasteiger partial charge in [-0.2, -0.15) is 0 Å². The molecule has 1 aromatic heterocycles. The molecule has 2 aromatic rings. The summed E-state index contributed by atoms with van der Waals surface area (Å²) in [4.78, 5) is 0. The summed E-state index contributed by atoms with van der Waals surface area (Å²) in [5.74, 6) is 9.12. The third-order valence-corrected chi connectivity index (χ3v) is 5.22. The number of ether oxygens (including phenoxy) is 1. The molecule has 0 saturated heterocycles. The van der Waals surface area contributed by atoms with Crippen LogP contribution in [0.3, 0.4) is 0 Å². The summed E-state index contributed by atoms with van der Waals surface area (Å²) < 4.78 is 7.32. The highest BCUT2D eigenvalue weighted by molar-refractivity contribution is 7.99. The van der Waals surface area contributed by atoms with Crippen molar-refractivity contribution < 1.29 is 4.74 Å². The molecule has 1 saturated carbocycles. The summed E-state index contributed by atoms with van der Waals surface area (Å²) in [6, 6.07) is 7.35. The number of hydrogen-bond donors (Lipinski definition) is 1. The molecule has 124 valence electrons. The fourth-order valence-electron chi connectivity index (χ4n) is 2.85. The van der Waals surface area contributed by atoms with Crippen LogP contribution in [0.5, 0.6) is 5.75 Å². The Morgan fingerprint density at radius 2 is 1.91 bits per heavy atom. The van der Waals surface area contributed by atoms with Crippen LogP contribution in [-0.2, 0) is 0 Å². The van der Waals surface area contributed by atoms with Gasteiger partial charge >= 0.3 is 0 Å². The molecule has 0 spiro atoms. The maximum atomic E-state index is 6.16. The van der Waals surface area contributed by atoms with Crippen LogP contribution in [0.1, 0.15) is 43.8 Å². The lowest BCUT2D eigenvalue weighted by molar-refractivity contribution is 0.344. The van der Waals surface area contributed by atoms with Crippen LogP contribution < -0.4 is 10.6 Å². The van der Waals surface area contributed by atoms with E-state index in [9.17, 15) is 0 Å². The quantitative estimate of drug-likeness (QED) is 0.485. The Kier molecular flexibility index (Phi) is 5.67. The van der Waals surface area contributed by atoms with E-state index >= 15 is 0 Å². The largest absolute Gasteiger partial charge is 0.493 e. The molecule has 3 rings (SSSR count). The summed E-state index contributed by atoms with van der Waals surface area (Å²) in [6.45, 7) is 0.581. The second-order valence-corrected chi connectivity index (χ2v) is 7.20. The van der Waals surface area contributed by atoms with Crippen molar-refractivity contribution in [2.45, 2.75) is 43.2 Å². The van der Waals surface area contributed by atoms with Crippen molar-refractivity contribution in [2.24, 2.45) is 0 Å². The minimum atomic E-state index is 0.459. The molecular weight excluding hydrogens is 332 g/mol. The number of nitrogens with zero attached hydrogens (tertiary/aromatic N) is 3. The van der Waals surface area contributed by atoms with Crippen molar-refractivity contribution in [1.29, 1.82) is 0 Å². The van der Waals surface area contributed by atoms with Crippen LogP contribution in [-0.4, -0.2) is 27.2 Å². The summed E-state index contributed by atoms with van der Waals surface area (Å²) in [5.41, 5.74) is 0. The standard InChI is InChI=1S/C16H21ClN4OS/c17-13-6-8-14(9-7-13)22-10-11-23-16-20-19-15(21(16)18)12-4-2-1-3-5-12/h6-9,12H,1-5,10-11,18H2. The molecule has 7 heteroatoms. The predicted molar refractivity (Wildman–Crippen MR) is 93.7 cm³/mol. The third kappa shape index (κ3) is 4.32. The molecule has 1 heterocycles. The molecule has 0 unspecified atom stereocenters. The Hall–Kier alpha value is -1.40. The van der Waals surface area contributed by atoms with Crippen LogP contribution in [0.15, 0.2) is 29.4 Å². The normalized spacial score (nSPS) is 15.7. The molecular formula is C16H21ClN4OS. The molecule has 0 aliphatic heterocycles. The van der Waals surface area contributed by atoms with Gasteiger partial charge in [0, 0.05) is 16.7 Å². The molecule has 1 fully saturated rings. The Labute approximate surface area is 145 Å². The van der Waals surface area contributed by atoms with E-state index in [2.05, 4.69) is 10.2 Å². The lowest BCUT2D eigenvalue weighted by atomic mass is 9.89. The van der Waals surface area contributed by atoms with Crippen molar-refractivity contribution in [3.8, 4) is 5.75 Å². The Morgan fingerprint density at radius 3 is 2.65 bits per heavy atom. The molecule has 5 nitrogen and oxygen atoms in total. The second-order valence-electron chi connectivity index (χ2n) is 5.70. The number of hydrogen-bond acceptors (Lipinski definition) is 5. The molecule has 1 aliphatic carbocycles. The van der Waals surface area contributed by atoms with Crippen LogP contribution >= 0.6 is 23.4 Å². The lowest BCUT2D eigenvalue weighted by Crippen LogP contribution is -2.18. The monoisotopic (exact) mass is 352 g/mol. The van der Waals surface area contributed by atoms with Gasteiger partial charge in [0.15, 0.2) is 5.82 Å². The minimum absolute atomic E-state index is 0.459. The van der Waals surface area contributed by atoms with E-state index < -0.39 is 0 Å². The van der Waals surface area contributed by atoms with E-state index in [4.69, 9.17) is 22.2 Å². The van der Waals surface area contributed by atoms with Gasteiger partial charge in [-0.15, -0.1) is 10.2 Å². The summed E-state index contributed by atoms with van der Waals surface area (Å²) in [6.07, 6.45) is 6.17. The minimum Gasteiger partial charge on any atom is -0.493 e. The van der Waals surface area contributed by atoms with Gasteiger partial charge in [0.2, 0.25) is 5.16 Å². The summed E-state index contributed by atoms with van der Waals surface area (Å²) >= 11 is 7.41. The first-order valence-corrected chi connectivity index (χ1v) is 9.32. The number of aromatic nitrogens is 3. The highest BCUT2D eigenvalue weighted by atomic mass is 35.5. The molecule has 1 aliphatic rings. The fourth-order valence-corrected chi connectivity index (χ4v) is 3.66. The van der Waals surface area contributed by atoms with Crippen molar-refractivity contribution in [1.82, 2.24) is 14.9 Å². The van der Waals surface area contributed by atoms with Crippen LogP contribution in [0.4, 0.5) is 0 Å². The van der Waals surface area contributed by atoms with Gasteiger partial charge in [-0.05, 0) is 37.1 Å². The molecule has 1 aromatic carbocycles. The first kappa shape index (κ1) is 16.5. The van der Waals surface area contributed by atoms with Crippen LogP contribution in [0.25, 0.3) is 0 Å². The number of nitrogens with two attached hydrogens (primary N) is 1. The maximum Gasteiger partial charge on any atom is 0.209 e. The van der Waals surface area contributed by atoms with Gasteiger partial charge in [0.25, 0.3) is 0 Å². The predicted octanol–water partition coefficient (Wildman–Crippen LogP) is 3.86. The number of benzene rings is 1. The average Bonchev–Trinajstić information content (AvgIpc) is 2.95. The first-order valence-electron chi connectivity index (χ1n) is 7.95. The van der Waals surface area contributed by atoms with Crippen molar-refractivity contribution in [2.75, 3.05) is 18.2 Å². The Morgan fingerprint density at radius 1 is 1.17 bits per heavy atom. The topological polar surface area (TPSA) is 66.0 Å². The molecule has 0 amide bonds. The zero-order chi connectivity index (χ0) is 16.1. The van der Waals surface area contributed by atoms with E-state index in [0.717, 1.165) is 22.5 Å². The summed E-state index contributed by atoms with van der Waals surface area (Å²) in [7, 11) is 0. The molecule has 2 N–H and O–H groups in total. The smallest absolute Gasteiger partial charge is 0.209 e. The molecule has 0 atom stereocenters. The lowest BCUT2D eigenvalue weighted by Gasteiger charge is -2.20. The Balaban J connectivity index is 1.48. The number of rotatable bonds is 6. The zero-order valence-corrected chi connectivity index (χ0v) is 14.5. The first-order chi connectivity index (χ1) is 11.2. The molecule has 0 bridgehead atoms. The van der Waals surface area contributed by atoms with Crippen molar-refractivity contribution in [3.05, 3.63) is 35.1 Å². The van der Waals surface area contributed by atoms with Gasteiger partial charge in [-0.3, -0.25) is 0 Å². The summed E-state index contributed by atoms with van der Waals surface area (Å²) in [5, 5.41) is 9.98.